The molecular formula is C33H30ClN5O2. The molecule has 0 saturated carbocycles. The van der Waals surface area contributed by atoms with E-state index in [0.717, 1.165) is 49.3 Å². The van der Waals surface area contributed by atoms with E-state index in [-0.39, 0.29) is 18.1 Å². The van der Waals surface area contributed by atoms with Gasteiger partial charge in [0.1, 0.15) is 5.75 Å². The Bertz CT molecular complexity index is 1530. The lowest BCUT2D eigenvalue weighted by molar-refractivity contribution is 0.112. The molecular weight excluding hydrogens is 534 g/mol. The van der Waals surface area contributed by atoms with Gasteiger partial charge in [-0.2, -0.15) is 5.26 Å². The van der Waals surface area contributed by atoms with E-state index < -0.39 is 0 Å². The first kappa shape index (κ1) is 26.8. The van der Waals surface area contributed by atoms with Gasteiger partial charge in [-0.05, 0) is 72.5 Å². The number of anilines is 1. The van der Waals surface area contributed by atoms with Gasteiger partial charge in [-0.25, -0.2) is 9.78 Å². The second-order valence-corrected chi connectivity index (χ2v) is 10.9. The summed E-state index contributed by atoms with van der Waals surface area (Å²) in [6.07, 6.45) is 3.65. The van der Waals surface area contributed by atoms with Gasteiger partial charge < -0.3 is 9.64 Å². The predicted molar refractivity (Wildman–Crippen MR) is 159 cm³/mol. The lowest BCUT2D eigenvalue weighted by Crippen LogP contribution is -2.47. The molecule has 2 aliphatic heterocycles. The van der Waals surface area contributed by atoms with E-state index in [1.807, 2.05) is 71.8 Å². The van der Waals surface area contributed by atoms with E-state index in [1.165, 1.54) is 0 Å². The first-order valence-electron chi connectivity index (χ1n) is 13.8. The Morgan fingerprint density at radius 3 is 2.41 bits per heavy atom. The van der Waals surface area contributed by atoms with Crippen molar-refractivity contribution in [3.05, 3.63) is 119 Å². The number of carbonyl (C=O) groups is 1. The molecule has 3 aromatic carbocycles. The summed E-state index contributed by atoms with van der Waals surface area (Å²) < 4.78 is 5.81. The highest BCUT2D eigenvalue weighted by Crippen LogP contribution is 2.37. The molecule has 7 nitrogen and oxygen atoms in total. The van der Waals surface area contributed by atoms with Crippen molar-refractivity contribution in [3.63, 3.8) is 0 Å². The maximum Gasteiger partial charge on any atom is 0.325 e. The minimum atomic E-state index is -0.0502. The van der Waals surface area contributed by atoms with Crippen molar-refractivity contribution in [1.29, 1.82) is 5.26 Å². The van der Waals surface area contributed by atoms with Gasteiger partial charge in [-0.1, -0.05) is 48.0 Å². The van der Waals surface area contributed by atoms with Crippen LogP contribution in [0.1, 0.15) is 35.6 Å². The van der Waals surface area contributed by atoms with Gasteiger partial charge in [0.2, 0.25) is 5.88 Å². The number of benzene rings is 3. The van der Waals surface area contributed by atoms with Crippen LogP contribution in [-0.4, -0.2) is 46.5 Å². The van der Waals surface area contributed by atoms with Crippen LogP contribution in [0.25, 0.3) is 0 Å². The number of hydrogen-bond donors (Lipinski definition) is 0. The summed E-state index contributed by atoms with van der Waals surface area (Å²) in [6, 6.07) is 30.9. The van der Waals surface area contributed by atoms with Crippen LogP contribution in [0, 0.1) is 11.3 Å². The van der Waals surface area contributed by atoms with Gasteiger partial charge in [0.25, 0.3) is 0 Å². The van der Waals surface area contributed by atoms with Crippen molar-refractivity contribution < 1.29 is 9.53 Å². The fraction of sp³-hybridized carbons (Fsp3) is 0.242. The highest BCUT2D eigenvalue weighted by Gasteiger charge is 2.43. The smallest absolute Gasteiger partial charge is 0.325 e. The topological polar surface area (TPSA) is 72.7 Å². The number of nitrogens with zero attached hydrogens (tertiary/aromatic N) is 5. The third-order valence-electron chi connectivity index (χ3n) is 7.80. The Balaban J connectivity index is 1.10. The van der Waals surface area contributed by atoms with Crippen molar-refractivity contribution in [2.75, 3.05) is 24.5 Å². The molecule has 0 aliphatic carbocycles. The van der Waals surface area contributed by atoms with Gasteiger partial charge in [-0.15, -0.1) is 0 Å². The van der Waals surface area contributed by atoms with Crippen LogP contribution in [0.15, 0.2) is 97.2 Å². The van der Waals surface area contributed by atoms with E-state index in [4.69, 9.17) is 21.6 Å². The Morgan fingerprint density at radius 1 is 0.951 bits per heavy atom. The number of carbonyl (C=O) groups excluding carboxylic acids is 1. The molecule has 8 heteroatoms. The quantitative estimate of drug-likeness (QED) is 0.241. The SMILES string of the molecule is N#Cc1ccc(Oc2ccc(CN3CCC(N4C(=O)N(c5ccccc5)CC4c4cccc(Cl)c4)CC3)cn2)cc1. The van der Waals surface area contributed by atoms with Crippen LogP contribution < -0.4 is 9.64 Å². The molecule has 41 heavy (non-hydrogen) atoms. The maximum atomic E-state index is 13.8. The second-order valence-electron chi connectivity index (χ2n) is 10.5. The molecule has 6 rings (SSSR count). The van der Waals surface area contributed by atoms with Crippen LogP contribution >= 0.6 is 11.6 Å². The van der Waals surface area contributed by atoms with Crippen LogP contribution in [0.4, 0.5) is 10.5 Å². The number of pyridine rings is 1. The van der Waals surface area contributed by atoms with E-state index in [0.29, 0.717) is 28.8 Å². The van der Waals surface area contributed by atoms with Crippen molar-refractivity contribution in [3.8, 4) is 17.7 Å². The highest BCUT2D eigenvalue weighted by atomic mass is 35.5. The molecule has 1 aromatic heterocycles. The summed E-state index contributed by atoms with van der Waals surface area (Å²) in [4.78, 5) is 24.7. The van der Waals surface area contributed by atoms with Gasteiger partial charge >= 0.3 is 6.03 Å². The Kier molecular flexibility index (Phi) is 7.86. The minimum absolute atomic E-state index is 0.0502. The van der Waals surface area contributed by atoms with Crippen LogP contribution in [0.2, 0.25) is 5.02 Å². The number of hydrogen-bond acceptors (Lipinski definition) is 5. The number of halogens is 1. The molecule has 1 unspecified atom stereocenters. The van der Waals surface area contributed by atoms with Crippen molar-refractivity contribution in [2.45, 2.75) is 31.5 Å². The number of aromatic nitrogens is 1. The highest BCUT2D eigenvalue weighted by molar-refractivity contribution is 6.30. The zero-order valence-electron chi connectivity index (χ0n) is 22.6. The van der Waals surface area contributed by atoms with E-state index in [2.05, 4.69) is 26.9 Å². The lowest BCUT2D eigenvalue weighted by Gasteiger charge is -2.39. The minimum Gasteiger partial charge on any atom is -0.439 e. The monoisotopic (exact) mass is 563 g/mol. The molecule has 2 aliphatic rings. The van der Waals surface area contributed by atoms with Crippen molar-refractivity contribution in [1.82, 2.24) is 14.8 Å². The Morgan fingerprint density at radius 2 is 1.73 bits per heavy atom. The first-order chi connectivity index (χ1) is 20.1. The van der Waals surface area contributed by atoms with E-state index >= 15 is 0 Å². The van der Waals surface area contributed by atoms with Gasteiger partial charge in [0.15, 0.2) is 0 Å². The average Bonchev–Trinajstić information content (AvgIpc) is 3.36. The second kappa shape index (κ2) is 12.0. The molecule has 3 heterocycles. The zero-order chi connectivity index (χ0) is 28.2. The molecule has 0 spiro atoms. The molecule has 0 N–H and O–H groups in total. The zero-order valence-corrected chi connectivity index (χ0v) is 23.3. The summed E-state index contributed by atoms with van der Waals surface area (Å²) in [7, 11) is 0. The van der Waals surface area contributed by atoms with Crippen LogP contribution in [-0.2, 0) is 6.54 Å². The number of likely N-dealkylation sites (tertiary alicyclic amines) is 1. The number of urea groups is 1. The summed E-state index contributed by atoms with van der Waals surface area (Å²) >= 11 is 6.36. The van der Waals surface area contributed by atoms with Gasteiger partial charge in [0, 0.05) is 48.6 Å². The predicted octanol–water partition coefficient (Wildman–Crippen LogP) is 7.05. The summed E-state index contributed by atoms with van der Waals surface area (Å²) in [5.41, 5.74) is 3.69. The average molecular weight is 564 g/mol. The van der Waals surface area contributed by atoms with Crippen LogP contribution in [0.5, 0.6) is 11.6 Å². The molecule has 1 atom stereocenters. The summed E-state index contributed by atoms with van der Waals surface area (Å²) in [5, 5.41) is 9.64. The van der Waals surface area contributed by atoms with Gasteiger partial charge in [0.05, 0.1) is 24.2 Å². The third-order valence-corrected chi connectivity index (χ3v) is 8.04. The van der Waals surface area contributed by atoms with Crippen molar-refractivity contribution >= 4 is 23.3 Å². The lowest BCUT2D eigenvalue weighted by atomic mass is 9.99. The fourth-order valence-electron chi connectivity index (χ4n) is 5.72. The van der Waals surface area contributed by atoms with Gasteiger partial charge in [-0.3, -0.25) is 9.80 Å². The molecule has 0 radical (unpaired) electrons. The van der Waals surface area contributed by atoms with Crippen LogP contribution in [0.3, 0.4) is 0 Å². The van der Waals surface area contributed by atoms with Crippen molar-refractivity contribution in [2.24, 2.45) is 0 Å². The fourth-order valence-corrected chi connectivity index (χ4v) is 5.92. The number of nitriles is 1. The molecule has 2 amide bonds. The Labute approximate surface area is 245 Å². The van der Waals surface area contributed by atoms with E-state index in [9.17, 15) is 4.79 Å². The number of amides is 2. The number of rotatable bonds is 7. The molecule has 2 fully saturated rings. The normalized spacial score (nSPS) is 18.0. The summed E-state index contributed by atoms with van der Waals surface area (Å²) in [6.45, 7) is 3.18. The third kappa shape index (κ3) is 6.04. The largest absolute Gasteiger partial charge is 0.439 e. The Hall–Kier alpha value is -4.38. The first-order valence-corrected chi connectivity index (χ1v) is 14.2. The molecule has 2 saturated heterocycles. The number of piperidine rings is 1. The number of ether oxygens (including phenoxy) is 1. The molecule has 206 valence electrons. The number of para-hydroxylation sites is 1. The standard InChI is InChI=1S/C33H30ClN5O2/c34-27-6-4-5-26(19-27)31-23-38(28-7-2-1-3-8-28)33(40)39(31)29-15-17-37(18-16-29)22-25-11-14-32(36-21-25)41-30-12-9-24(20-35)10-13-30/h1-14,19,21,29,31H,15-18,22-23H2. The maximum absolute atomic E-state index is 13.8. The molecule has 0 bridgehead atoms. The van der Waals surface area contributed by atoms with E-state index in [1.54, 1.807) is 24.3 Å². The molecule has 4 aromatic rings. The summed E-state index contributed by atoms with van der Waals surface area (Å²) in [5.74, 6) is 1.16.